The van der Waals surface area contributed by atoms with Crippen molar-refractivity contribution in [2.45, 2.75) is 45.8 Å². The van der Waals surface area contributed by atoms with Gasteiger partial charge in [0.05, 0.1) is 12.1 Å². The highest BCUT2D eigenvalue weighted by Gasteiger charge is 2.16. The van der Waals surface area contributed by atoms with E-state index >= 15 is 0 Å². The first-order chi connectivity index (χ1) is 11.5. The van der Waals surface area contributed by atoms with Crippen LogP contribution in [0.25, 0.3) is 0 Å². The maximum Gasteiger partial charge on any atom is 0.191 e. The minimum Gasteiger partial charge on any atom is -0.377 e. The number of guanidine groups is 1. The second-order valence-electron chi connectivity index (χ2n) is 6.73. The molecular weight excluding hydrogens is 429 g/mol. The van der Waals surface area contributed by atoms with Crippen LogP contribution in [0.4, 0.5) is 5.82 Å². The van der Waals surface area contributed by atoms with Gasteiger partial charge in [-0.25, -0.2) is 9.98 Å². The fraction of sp³-hybridized carbons (Fsp3) is 0.667. The van der Waals surface area contributed by atoms with Gasteiger partial charge in [0.2, 0.25) is 0 Å². The minimum atomic E-state index is -0.227. The molecule has 0 amide bonds. The Labute approximate surface area is 168 Å². The molecule has 0 atom stereocenters. The molecule has 0 bridgehead atoms. The molecule has 0 unspecified atom stereocenters. The summed E-state index contributed by atoms with van der Waals surface area (Å²) in [4.78, 5) is 11.6. The van der Waals surface area contributed by atoms with Crippen molar-refractivity contribution in [2.75, 3.05) is 38.2 Å². The Morgan fingerprint density at radius 2 is 2.00 bits per heavy atom. The number of nitrogens with zero attached hydrogens (tertiary/aromatic N) is 3. The molecule has 7 heteroatoms. The number of hydrogen-bond acceptors (Lipinski definition) is 4. The summed E-state index contributed by atoms with van der Waals surface area (Å²) in [6.45, 7) is 10.5. The van der Waals surface area contributed by atoms with Crippen molar-refractivity contribution < 1.29 is 4.74 Å². The number of methoxy groups -OCH3 is 1. The summed E-state index contributed by atoms with van der Waals surface area (Å²) in [6, 6.07) is 4.22. The lowest BCUT2D eigenvalue weighted by molar-refractivity contribution is 0.0268. The number of pyridine rings is 1. The van der Waals surface area contributed by atoms with Crippen LogP contribution < -0.4 is 15.5 Å². The number of ether oxygens (including phenoxy) is 1. The Bertz CT molecular complexity index is 527. The van der Waals surface area contributed by atoms with Gasteiger partial charge in [0.1, 0.15) is 5.82 Å². The van der Waals surface area contributed by atoms with E-state index < -0.39 is 0 Å². The van der Waals surface area contributed by atoms with E-state index in [4.69, 9.17) is 4.74 Å². The van der Waals surface area contributed by atoms with E-state index in [1.165, 1.54) is 12.8 Å². The smallest absolute Gasteiger partial charge is 0.191 e. The van der Waals surface area contributed by atoms with Crippen LogP contribution in [0.3, 0.4) is 0 Å². The maximum atomic E-state index is 5.43. The van der Waals surface area contributed by atoms with E-state index in [9.17, 15) is 0 Å². The molecule has 1 aliphatic heterocycles. The second-order valence-corrected chi connectivity index (χ2v) is 6.73. The molecule has 2 heterocycles. The molecule has 2 rings (SSSR count). The zero-order valence-electron chi connectivity index (χ0n) is 15.8. The van der Waals surface area contributed by atoms with Gasteiger partial charge in [0.25, 0.3) is 0 Å². The third-order valence-electron chi connectivity index (χ3n) is 4.24. The first-order valence-electron chi connectivity index (χ1n) is 8.81. The van der Waals surface area contributed by atoms with Gasteiger partial charge in [-0.1, -0.05) is 6.07 Å². The van der Waals surface area contributed by atoms with Gasteiger partial charge in [-0.05, 0) is 45.2 Å². The Hall–Kier alpha value is -1.09. The Morgan fingerprint density at radius 1 is 1.28 bits per heavy atom. The standard InChI is InChI=1S/C18H31N5O.HI/c1-5-19-17(22-14-18(2,3)24-4)21-13-15-8-9-16(20-12-15)23-10-6-7-11-23;/h8-9,12H,5-7,10-11,13-14H2,1-4H3,(H2,19,21,22);1H. The lowest BCUT2D eigenvalue weighted by atomic mass is 10.1. The molecule has 0 saturated carbocycles. The normalized spacial score (nSPS) is 15.0. The maximum absolute atomic E-state index is 5.43. The highest BCUT2D eigenvalue weighted by molar-refractivity contribution is 14.0. The van der Waals surface area contributed by atoms with Crippen molar-refractivity contribution in [3.8, 4) is 0 Å². The highest BCUT2D eigenvalue weighted by Crippen LogP contribution is 2.17. The predicted octanol–water partition coefficient (Wildman–Crippen LogP) is 2.78. The predicted molar refractivity (Wildman–Crippen MR) is 115 cm³/mol. The third-order valence-corrected chi connectivity index (χ3v) is 4.24. The Morgan fingerprint density at radius 3 is 2.56 bits per heavy atom. The fourth-order valence-corrected chi connectivity index (χ4v) is 2.52. The fourth-order valence-electron chi connectivity index (χ4n) is 2.52. The number of aromatic nitrogens is 1. The number of aliphatic imine (C=N–C) groups is 1. The molecule has 25 heavy (non-hydrogen) atoms. The van der Waals surface area contributed by atoms with Gasteiger partial charge in [-0.15, -0.1) is 24.0 Å². The summed E-state index contributed by atoms with van der Waals surface area (Å²) in [5.41, 5.74) is 0.885. The number of nitrogens with one attached hydrogen (secondary N) is 2. The van der Waals surface area contributed by atoms with Gasteiger partial charge in [-0.3, -0.25) is 0 Å². The van der Waals surface area contributed by atoms with Crippen LogP contribution in [0.15, 0.2) is 23.3 Å². The molecule has 0 radical (unpaired) electrons. The van der Waals surface area contributed by atoms with Crippen LogP contribution in [0, 0.1) is 0 Å². The average Bonchev–Trinajstić information content (AvgIpc) is 3.12. The van der Waals surface area contributed by atoms with Crippen molar-refractivity contribution in [2.24, 2.45) is 4.99 Å². The molecule has 2 N–H and O–H groups in total. The van der Waals surface area contributed by atoms with Gasteiger partial charge in [0, 0.05) is 39.5 Å². The molecule has 1 aliphatic rings. The summed E-state index contributed by atoms with van der Waals surface area (Å²) >= 11 is 0. The van der Waals surface area contributed by atoms with Crippen LogP contribution in [0.1, 0.15) is 39.2 Å². The molecule has 1 aromatic heterocycles. The van der Waals surface area contributed by atoms with Gasteiger partial charge in [0.15, 0.2) is 5.96 Å². The van der Waals surface area contributed by atoms with Crippen molar-refractivity contribution >= 4 is 35.8 Å². The van der Waals surface area contributed by atoms with Crippen molar-refractivity contribution in [3.63, 3.8) is 0 Å². The average molecular weight is 461 g/mol. The summed E-state index contributed by atoms with van der Waals surface area (Å²) in [6.07, 6.45) is 4.46. The first-order valence-corrected chi connectivity index (χ1v) is 8.81. The van der Waals surface area contributed by atoms with Crippen molar-refractivity contribution in [1.29, 1.82) is 0 Å². The summed E-state index contributed by atoms with van der Waals surface area (Å²) < 4.78 is 5.43. The van der Waals surface area contributed by atoms with Crippen molar-refractivity contribution in [3.05, 3.63) is 23.9 Å². The minimum absolute atomic E-state index is 0. The number of anilines is 1. The quantitative estimate of drug-likeness (QED) is 0.372. The largest absolute Gasteiger partial charge is 0.377 e. The Kier molecular flexibility index (Phi) is 9.48. The molecule has 0 aromatic carbocycles. The number of hydrogen-bond donors (Lipinski definition) is 2. The van der Waals surface area contributed by atoms with Crippen molar-refractivity contribution in [1.82, 2.24) is 15.6 Å². The molecule has 1 fully saturated rings. The molecule has 0 spiro atoms. The summed E-state index contributed by atoms with van der Waals surface area (Å²) in [5.74, 6) is 1.87. The van der Waals surface area contributed by atoms with Gasteiger partial charge in [-0.2, -0.15) is 0 Å². The number of halogens is 1. The van der Waals surface area contributed by atoms with E-state index in [-0.39, 0.29) is 29.6 Å². The van der Waals surface area contributed by atoms with Crippen LogP contribution in [0.2, 0.25) is 0 Å². The molecule has 142 valence electrons. The second kappa shape index (κ2) is 10.8. The number of rotatable bonds is 7. The van der Waals surface area contributed by atoms with E-state index in [1.807, 2.05) is 20.0 Å². The molecule has 1 aromatic rings. The van der Waals surface area contributed by atoms with E-state index in [1.54, 1.807) is 7.11 Å². The van der Waals surface area contributed by atoms with Crippen LogP contribution in [-0.2, 0) is 11.3 Å². The van der Waals surface area contributed by atoms with Crippen LogP contribution >= 0.6 is 24.0 Å². The summed E-state index contributed by atoms with van der Waals surface area (Å²) in [5, 5.41) is 6.58. The van der Waals surface area contributed by atoms with Crippen LogP contribution in [-0.4, -0.2) is 49.8 Å². The lowest BCUT2D eigenvalue weighted by Gasteiger charge is -2.24. The van der Waals surface area contributed by atoms with Gasteiger partial charge < -0.3 is 20.3 Å². The zero-order chi connectivity index (χ0) is 17.4. The summed E-state index contributed by atoms with van der Waals surface area (Å²) in [7, 11) is 1.72. The molecule has 0 aliphatic carbocycles. The monoisotopic (exact) mass is 461 g/mol. The SMILES string of the molecule is CCNC(=NCc1ccc(N2CCCC2)nc1)NCC(C)(C)OC.I. The van der Waals surface area contributed by atoms with Crippen LogP contribution in [0.5, 0.6) is 0 Å². The van der Waals surface area contributed by atoms with Gasteiger partial charge >= 0.3 is 0 Å². The lowest BCUT2D eigenvalue weighted by Crippen LogP contribution is -2.45. The van der Waals surface area contributed by atoms with E-state index in [2.05, 4.69) is 44.6 Å². The Balaban J connectivity index is 0.00000312. The molecular formula is C18H32IN5O. The van der Waals surface area contributed by atoms with E-state index in [0.717, 1.165) is 37.0 Å². The first kappa shape index (κ1) is 22.0. The van der Waals surface area contributed by atoms with E-state index in [0.29, 0.717) is 13.1 Å². The zero-order valence-corrected chi connectivity index (χ0v) is 18.2. The molecule has 6 nitrogen and oxygen atoms in total. The third kappa shape index (κ3) is 7.35. The molecule has 1 saturated heterocycles. The highest BCUT2D eigenvalue weighted by atomic mass is 127. The topological polar surface area (TPSA) is 61.8 Å².